The van der Waals surface area contributed by atoms with Gasteiger partial charge in [0.15, 0.2) is 11.5 Å². The van der Waals surface area contributed by atoms with Gasteiger partial charge in [-0.15, -0.1) is 0 Å². The Morgan fingerprint density at radius 2 is 2.00 bits per heavy atom. The average molecular weight is 316 g/mol. The molecule has 5 atom stereocenters. The average Bonchev–Trinajstić information content (AvgIpc) is 3.00. The topological polar surface area (TPSA) is 47.9 Å². The van der Waals surface area contributed by atoms with Crippen LogP contribution in [0, 0.1) is 23.2 Å². The molecule has 4 heteroatoms. The standard InChI is InChI=1S/C19H24O4/c1-11-6-12(2)19(8-20)9-21-18(17(11)13(19)3)14-4-5-15-16(7-14)23-10-22-15/h4-7,12-13,17-18,20H,8-10H2,1-3H3/t12-,13-,17-,18+,19+/m0/s1. The van der Waals surface area contributed by atoms with Crippen molar-refractivity contribution in [1.82, 2.24) is 0 Å². The van der Waals surface area contributed by atoms with E-state index in [0.717, 1.165) is 17.1 Å². The molecular formula is C19H24O4. The van der Waals surface area contributed by atoms with Gasteiger partial charge in [0.05, 0.1) is 19.3 Å². The van der Waals surface area contributed by atoms with Gasteiger partial charge < -0.3 is 19.3 Å². The van der Waals surface area contributed by atoms with E-state index in [1.54, 1.807) is 0 Å². The molecule has 0 unspecified atom stereocenters. The summed E-state index contributed by atoms with van der Waals surface area (Å²) in [6.45, 7) is 7.68. The Hall–Kier alpha value is -1.52. The van der Waals surface area contributed by atoms with Crippen LogP contribution in [0.25, 0.3) is 0 Å². The fraction of sp³-hybridized carbons (Fsp3) is 0.579. The number of fused-ring (bicyclic) bond motifs is 3. The first-order valence-electron chi connectivity index (χ1n) is 8.37. The Morgan fingerprint density at radius 3 is 2.78 bits per heavy atom. The molecule has 1 aliphatic carbocycles. The van der Waals surface area contributed by atoms with E-state index in [2.05, 4.69) is 32.9 Å². The van der Waals surface area contributed by atoms with Crippen molar-refractivity contribution in [3.8, 4) is 11.5 Å². The molecule has 0 radical (unpaired) electrons. The highest BCUT2D eigenvalue weighted by Crippen LogP contribution is 2.56. The van der Waals surface area contributed by atoms with E-state index in [9.17, 15) is 5.11 Å². The Labute approximate surface area is 137 Å². The molecule has 2 bridgehead atoms. The minimum Gasteiger partial charge on any atom is -0.454 e. The van der Waals surface area contributed by atoms with Crippen LogP contribution in [0.15, 0.2) is 29.8 Å². The Kier molecular flexibility index (Phi) is 3.43. The second-order valence-electron chi connectivity index (χ2n) is 7.25. The van der Waals surface area contributed by atoms with Crippen molar-refractivity contribution >= 4 is 0 Å². The van der Waals surface area contributed by atoms with E-state index in [-0.39, 0.29) is 30.8 Å². The molecule has 1 saturated heterocycles. The van der Waals surface area contributed by atoms with Crippen molar-refractivity contribution in [1.29, 1.82) is 0 Å². The van der Waals surface area contributed by atoms with Crippen molar-refractivity contribution < 1.29 is 19.3 Å². The number of hydrogen-bond acceptors (Lipinski definition) is 4. The fourth-order valence-corrected chi connectivity index (χ4v) is 4.68. The van der Waals surface area contributed by atoms with Gasteiger partial charge in [0, 0.05) is 11.3 Å². The number of hydrogen-bond donors (Lipinski definition) is 1. The first-order chi connectivity index (χ1) is 11.1. The summed E-state index contributed by atoms with van der Waals surface area (Å²) in [6, 6.07) is 6.07. The number of benzene rings is 1. The Balaban J connectivity index is 1.73. The molecule has 23 heavy (non-hydrogen) atoms. The molecule has 0 amide bonds. The van der Waals surface area contributed by atoms with Crippen LogP contribution < -0.4 is 9.47 Å². The normalized spacial score (nSPS) is 38.3. The van der Waals surface area contributed by atoms with Gasteiger partial charge in [-0.3, -0.25) is 0 Å². The molecule has 2 aliphatic heterocycles. The highest BCUT2D eigenvalue weighted by molar-refractivity contribution is 5.45. The van der Waals surface area contributed by atoms with Gasteiger partial charge in [0.25, 0.3) is 0 Å². The third-order valence-corrected chi connectivity index (χ3v) is 6.27. The van der Waals surface area contributed by atoms with E-state index in [1.165, 1.54) is 5.57 Å². The van der Waals surface area contributed by atoms with Crippen LogP contribution in [0.3, 0.4) is 0 Å². The zero-order valence-electron chi connectivity index (χ0n) is 13.9. The molecule has 124 valence electrons. The third-order valence-electron chi connectivity index (χ3n) is 6.27. The summed E-state index contributed by atoms with van der Waals surface area (Å²) in [6.07, 6.45) is 2.33. The van der Waals surface area contributed by atoms with Crippen LogP contribution in [0.2, 0.25) is 0 Å². The summed E-state index contributed by atoms with van der Waals surface area (Å²) in [7, 11) is 0. The number of allylic oxidation sites excluding steroid dienone is 1. The number of aliphatic hydroxyl groups excluding tert-OH is 1. The highest BCUT2D eigenvalue weighted by Gasteiger charge is 2.53. The molecule has 1 N–H and O–H groups in total. The maximum Gasteiger partial charge on any atom is 0.231 e. The minimum absolute atomic E-state index is 0.00271. The van der Waals surface area contributed by atoms with E-state index in [0.29, 0.717) is 18.4 Å². The smallest absolute Gasteiger partial charge is 0.231 e. The predicted molar refractivity (Wildman–Crippen MR) is 86.4 cm³/mol. The Morgan fingerprint density at radius 1 is 1.22 bits per heavy atom. The lowest BCUT2D eigenvalue weighted by Crippen LogP contribution is -2.53. The molecule has 0 saturated carbocycles. The molecule has 4 nitrogen and oxygen atoms in total. The molecular weight excluding hydrogens is 292 g/mol. The molecule has 4 rings (SSSR count). The van der Waals surface area contributed by atoms with E-state index in [1.807, 2.05) is 12.1 Å². The van der Waals surface area contributed by atoms with Gasteiger partial charge in [-0.25, -0.2) is 0 Å². The second-order valence-corrected chi connectivity index (χ2v) is 7.25. The monoisotopic (exact) mass is 316 g/mol. The van der Waals surface area contributed by atoms with Crippen LogP contribution in [0.5, 0.6) is 11.5 Å². The maximum atomic E-state index is 10.1. The minimum atomic E-state index is -0.170. The zero-order chi connectivity index (χ0) is 16.2. The first kappa shape index (κ1) is 15.0. The van der Waals surface area contributed by atoms with Crippen molar-refractivity contribution in [3.63, 3.8) is 0 Å². The van der Waals surface area contributed by atoms with Gasteiger partial charge in [0.1, 0.15) is 0 Å². The lowest BCUT2D eigenvalue weighted by Gasteiger charge is -2.55. The van der Waals surface area contributed by atoms with E-state index < -0.39 is 0 Å². The van der Waals surface area contributed by atoms with Crippen molar-refractivity contribution in [2.45, 2.75) is 26.9 Å². The summed E-state index contributed by atoms with van der Waals surface area (Å²) >= 11 is 0. The van der Waals surface area contributed by atoms with Gasteiger partial charge in [-0.05, 0) is 36.5 Å². The van der Waals surface area contributed by atoms with Gasteiger partial charge in [0.2, 0.25) is 6.79 Å². The van der Waals surface area contributed by atoms with Crippen LogP contribution >= 0.6 is 0 Å². The van der Waals surface area contributed by atoms with Crippen molar-refractivity contribution in [2.24, 2.45) is 23.2 Å². The number of aliphatic hydroxyl groups is 1. The summed E-state index contributed by atoms with van der Waals surface area (Å²) in [5.41, 5.74) is 2.31. The summed E-state index contributed by atoms with van der Waals surface area (Å²) in [5.74, 6) is 2.58. The van der Waals surface area contributed by atoms with Gasteiger partial charge in [-0.2, -0.15) is 0 Å². The van der Waals surface area contributed by atoms with E-state index in [4.69, 9.17) is 14.2 Å². The molecule has 0 spiro atoms. The van der Waals surface area contributed by atoms with Gasteiger partial charge >= 0.3 is 0 Å². The molecule has 1 fully saturated rings. The molecule has 3 aliphatic rings. The SMILES string of the molecule is CC1=C[C@H](C)[C@@]2(CO)CO[C@H](c3ccc4c(c3)OCO4)[C@@H]1[C@@H]2C. The van der Waals surface area contributed by atoms with Crippen molar-refractivity contribution in [3.05, 3.63) is 35.4 Å². The molecule has 2 heterocycles. The largest absolute Gasteiger partial charge is 0.454 e. The lowest BCUT2D eigenvalue weighted by atomic mass is 9.56. The summed E-state index contributed by atoms with van der Waals surface area (Å²) in [5, 5.41) is 10.1. The van der Waals surface area contributed by atoms with Crippen LogP contribution in [0.4, 0.5) is 0 Å². The third kappa shape index (κ3) is 2.05. The molecule has 1 aromatic carbocycles. The number of rotatable bonds is 2. The van der Waals surface area contributed by atoms with Crippen LogP contribution in [-0.4, -0.2) is 25.1 Å². The second kappa shape index (κ2) is 5.25. The summed E-state index contributed by atoms with van der Waals surface area (Å²) < 4.78 is 17.2. The van der Waals surface area contributed by atoms with Crippen LogP contribution in [-0.2, 0) is 4.74 Å². The zero-order valence-corrected chi connectivity index (χ0v) is 13.9. The first-order valence-corrected chi connectivity index (χ1v) is 8.37. The molecule has 0 aromatic heterocycles. The van der Waals surface area contributed by atoms with Crippen molar-refractivity contribution in [2.75, 3.05) is 20.0 Å². The molecule has 1 aromatic rings. The predicted octanol–water partition coefficient (Wildman–Crippen LogP) is 3.31. The highest BCUT2D eigenvalue weighted by atomic mass is 16.7. The quantitative estimate of drug-likeness (QED) is 0.850. The number of ether oxygens (including phenoxy) is 3. The van der Waals surface area contributed by atoms with Gasteiger partial charge in [-0.1, -0.05) is 31.6 Å². The maximum absolute atomic E-state index is 10.1. The Bertz CT molecular complexity index is 653. The van der Waals surface area contributed by atoms with Crippen LogP contribution in [0.1, 0.15) is 32.4 Å². The lowest BCUT2D eigenvalue weighted by molar-refractivity contribution is -0.165. The summed E-state index contributed by atoms with van der Waals surface area (Å²) in [4.78, 5) is 0. The van der Waals surface area contributed by atoms with E-state index >= 15 is 0 Å². The fourth-order valence-electron chi connectivity index (χ4n) is 4.68.